The highest BCUT2D eigenvalue weighted by molar-refractivity contribution is 6.40. The minimum atomic E-state index is -0.334. The van der Waals surface area contributed by atoms with Crippen molar-refractivity contribution < 1.29 is 14.4 Å². The summed E-state index contributed by atoms with van der Waals surface area (Å²) in [6.45, 7) is 3.25. The molecule has 0 saturated heterocycles. The number of nitrogens with zero attached hydrogens (tertiary/aromatic N) is 4. The average molecular weight is 582 g/mol. The minimum Gasteiger partial charge on any atom is -0.354 e. The van der Waals surface area contributed by atoms with Gasteiger partial charge in [-0.1, -0.05) is 41.9 Å². The van der Waals surface area contributed by atoms with Gasteiger partial charge >= 0.3 is 0 Å². The Morgan fingerprint density at radius 1 is 0.977 bits per heavy atom. The van der Waals surface area contributed by atoms with E-state index in [4.69, 9.17) is 7.85 Å². The van der Waals surface area contributed by atoms with Crippen molar-refractivity contribution in [3.05, 3.63) is 96.4 Å². The average Bonchev–Trinajstić information content (AvgIpc) is 3.79. The summed E-state index contributed by atoms with van der Waals surface area (Å²) >= 11 is 0. The van der Waals surface area contributed by atoms with Crippen LogP contribution in [0.15, 0.2) is 85.2 Å². The van der Waals surface area contributed by atoms with Gasteiger partial charge in [0.2, 0.25) is 11.8 Å². The summed E-state index contributed by atoms with van der Waals surface area (Å²) in [6, 6.07) is 22.7. The first-order chi connectivity index (χ1) is 21.3. The van der Waals surface area contributed by atoms with E-state index in [0.29, 0.717) is 22.1 Å². The van der Waals surface area contributed by atoms with Crippen LogP contribution in [0.25, 0.3) is 22.0 Å². The van der Waals surface area contributed by atoms with Crippen LogP contribution < -0.4 is 16.1 Å². The van der Waals surface area contributed by atoms with Crippen molar-refractivity contribution in [1.82, 2.24) is 19.7 Å². The SMILES string of the molecule is [B]c1c(NC(=O)CN(C(=O)Cn2nc(C(C)=O)c3cc(Nc4cccnc4)ccc32)C2CC2)cccc1-c1ccccc1C. The predicted molar refractivity (Wildman–Crippen MR) is 173 cm³/mol. The van der Waals surface area contributed by atoms with Gasteiger partial charge in [0.15, 0.2) is 5.78 Å². The van der Waals surface area contributed by atoms with E-state index < -0.39 is 0 Å². The number of pyridine rings is 1. The molecule has 1 aliphatic carbocycles. The lowest BCUT2D eigenvalue weighted by molar-refractivity contribution is -0.135. The Labute approximate surface area is 256 Å². The lowest BCUT2D eigenvalue weighted by Gasteiger charge is -2.23. The number of fused-ring (bicyclic) bond motifs is 1. The van der Waals surface area contributed by atoms with Gasteiger partial charge in [-0.25, -0.2) is 0 Å². The number of rotatable bonds is 10. The highest BCUT2D eigenvalue weighted by atomic mass is 16.2. The first-order valence-electron chi connectivity index (χ1n) is 14.5. The molecule has 2 radical (unpaired) electrons. The van der Waals surface area contributed by atoms with Crippen LogP contribution in [0.5, 0.6) is 0 Å². The number of benzene rings is 3. The topological polar surface area (TPSA) is 109 Å². The second kappa shape index (κ2) is 12.2. The molecular formula is C34H31BN6O3. The smallest absolute Gasteiger partial charge is 0.245 e. The zero-order valence-corrected chi connectivity index (χ0v) is 24.6. The molecule has 2 N–H and O–H groups in total. The van der Waals surface area contributed by atoms with E-state index in [0.717, 1.165) is 40.9 Å². The first kappa shape index (κ1) is 28.9. The summed E-state index contributed by atoms with van der Waals surface area (Å²) in [7, 11) is 6.49. The number of carbonyl (C=O) groups excluding carboxylic acids is 3. The third-order valence-corrected chi connectivity index (χ3v) is 7.76. The van der Waals surface area contributed by atoms with Crippen LogP contribution in [0, 0.1) is 6.92 Å². The molecule has 1 saturated carbocycles. The molecule has 5 aromatic rings. The third kappa shape index (κ3) is 6.10. The minimum absolute atomic E-state index is 0.0201. The van der Waals surface area contributed by atoms with Gasteiger partial charge in [-0.05, 0) is 72.9 Å². The largest absolute Gasteiger partial charge is 0.354 e. The lowest BCUT2D eigenvalue weighted by atomic mass is 9.84. The number of hydrogen-bond acceptors (Lipinski definition) is 6. The number of nitrogens with one attached hydrogen (secondary N) is 2. The molecule has 2 aromatic heterocycles. The molecule has 0 spiro atoms. The van der Waals surface area contributed by atoms with Crippen molar-refractivity contribution in [3.63, 3.8) is 0 Å². The normalized spacial score (nSPS) is 12.6. The van der Waals surface area contributed by atoms with Crippen LogP contribution in [0.2, 0.25) is 0 Å². The van der Waals surface area contributed by atoms with Gasteiger partial charge in [0.25, 0.3) is 0 Å². The summed E-state index contributed by atoms with van der Waals surface area (Å²) < 4.78 is 1.54. The Hall–Kier alpha value is -5.25. The Morgan fingerprint density at radius 2 is 1.77 bits per heavy atom. The van der Waals surface area contributed by atoms with Crippen molar-refractivity contribution in [3.8, 4) is 11.1 Å². The molecule has 0 aliphatic heterocycles. The molecule has 0 bridgehead atoms. The first-order valence-corrected chi connectivity index (χ1v) is 14.5. The van der Waals surface area contributed by atoms with Gasteiger partial charge < -0.3 is 15.5 Å². The lowest BCUT2D eigenvalue weighted by Crippen LogP contribution is -2.41. The predicted octanol–water partition coefficient (Wildman–Crippen LogP) is 4.78. The second-order valence-corrected chi connectivity index (χ2v) is 11.0. The van der Waals surface area contributed by atoms with Crippen molar-refractivity contribution in [2.45, 2.75) is 39.3 Å². The zero-order valence-electron chi connectivity index (χ0n) is 24.6. The molecule has 218 valence electrons. The van der Waals surface area contributed by atoms with Crippen LogP contribution in [-0.2, 0) is 16.1 Å². The number of amides is 2. The van der Waals surface area contributed by atoms with Gasteiger partial charge in [0.05, 0.1) is 17.4 Å². The standard InChI is InChI=1S/C34H31BN6O3/c1-21-7-3-4-9-26(21)27-10-5-11-29(33(27)35)38-31(43)19-40(25-13-14-25)32(44)20-41-30-15-12-23(37-24-8-6-16-36-18-24)17-28(30)34(39-41)22(2)42/h3-12,15-18,25,37H,13-14,19-20H2,1-2H3,(H,38,43). The third-order valence-electron chi connectivity index (χ3n) is 7.76. The molecule has 0 atom stereocenters. The molecule has 2 amide bonds. The molecule has 3 aromatic carbocycles. The van der Waals surface area contributed by atoms with Crippen LogP contribution >= 0.6 is 0 Å². The maximum absolute atomic E-state index is 13.6. The van der Waals surface area contributed by atoms with Crippen molar-refractivity contribution >= 4 is 58.9 Å². The summed E-state index contributed by atoms with van der Waals surface area (Å²) in [5.41, 5.74) is 6.38. The number of anilines is 3. The monoisotopic (exact) mass is 582 g/mol. The number of carbonyl (C=O) groups is 3. The van der Waals surface area contributed by atoms with Gasteiger partial charge in [-0.15, -0.1) is 0 Å². The van der Waals surface area contributed by atoms with Crippen LogP contribution in [0.1, 0.15) is 35.8 Å². The van der Waals surface area contributed by atoms with Gasteiger partial charge in [-0.3, -0.25) is 24.0 Å². The highest BCUT2D eigenvalue weighted by Gasteiger charge is 2.34. The zero-order chi connectivity index (χ0) is 30.8. The number of aromatic nitrogens is 3. The number of ketones is 1. The van der Waals surface area contributed by atoms with Crippen LogP contribution in [0.4, 0.5) is 17.1 Å². The second-order valence-electron chi connectivity index (χ2n) is 11.0. The van der Waals surface area contributed by atoms with E-state index in [9.17, 15) is 14.4 Å². The molecule has 6 rings (SSSR count). The van der Waals surface area contributed by atoms with Gasteiger partial charge in [0, 0.05) is 35.9 Å². The molecule has 1 fully saturated rings. The number of aryl methyl sites for hydroxylation is 1. The van der Waals surface area contributed by atoms with E-state index in [2.05, 4.69) is 20.7 Å². The summed E-state index contributed by atoms with van der Waals surface area (Å²) in [6.07, 6.45) is 5.05. The van der Waals surface area contributed by atoms with Crippen molar-refractivity contribution in [2.75, 3.05) is 17.2 Å². The van der Waals surface area contributed by atoms with E-state index >= 15 is 0 Å². The Kier molecular flexibility index (Phi) is 7.98. The van der Waals surface area contributed by atoms with E-state index in [1.807, 2.05) is 73.7 Å². The Morgan fingerprint density at radius 3 is 2.50 bits per heavy atom. The quantitative estimate of drug-likeness (QED) is 0.181. The maximum atomic E-state index is 13.6. The Balaban J connectivity index is 1.19. The molecule has 1 aliphatic rings. The van der Waals surface area contributed by atoms with Gasteiger partial charge in [-0.2, -0.15) is 5.10 Å². The molecule has 44 heavy (non-hydrogen) atoms. The van der Waals surface area contributed by atoms with Crippen molar-refractivity contribution in [1.29, 1.82) is 0 Å². The highest BCUT2D eigenvalue weighted by Crippen LogP contribution is 2.29. The van der Waals surface area contributed by atoms with Gasteiger partial charge in [0.1, 0.15) is 26.6 Å². The number of Topliss-reactive ketones (excluding diaryl/α,β-unsaturated/α-hetero) is 1. The Bertz CT molecular complexity index is 1880. The number of hydrogen-bond donors (Lipinski definition) is 2. The molecular weight excluding hydrogens is 551 g/mol. The van der Waals surface area contributed by atoms with Crippen LogP contribution in [-0.4, -0.2) is 57.7 Å². The molecule has 0 unspecified atom stereocenters. The van der Waals surface area contributed by atoms with E-state index in [-0.39, 0.29) is 42.4 Å². The summed E-state index contributed by atoms with van der Waals surface area (Å²) in [5, 5.41) is 11.3. The fourth-order valence-corrected chi connectivity index (χ4v) is 5.40. The summed E-state index contributed by atoms with van der Waals surface area (Å²) in [5.74, 6) is -0.787. The molecule has 10 heteroatoms. The van der Waals surface area contributed by atoms with E-state index in [1.54, 1.807) is 28.0 Å². The fraction of sp³-hybridized carbons (Fsp3) is 0.206. The van der Waals surface area contributed by atoms with Crippen LogP contribution in [0.3, 0.4) is 0 Å². The molecule has 2 heterocycles. The summed E-state index contributed by atoms with van der Waals surface area (Å²) in [4.78, 5) is 45.1. The maximum Gasteiger partial charge on any atom is 0.245 e. The van der Waals surface area contributed by atoms with Crippen molar-refractivity contribution in [2.24, 2.45) is 0 Å². The fourth-order valence-electron chi connectivity index (χ4n) is 5.40. The van der Waals surface area contributed by atoms with E-state index in [1.165, 1.54) is 6.92 Å². The molecule has 9 nitrogen and oxygen atoms in total.